The molecular formula is C18H31ClN2. The molecule has 0 atom stereocenters. The number of hydrogen-bond acceptors (Lipinski definition) is 2. The zero-order valence-corrected chi connectivity index (χ0v) is 15.2. The molecule has 0 amide bonds. The van der Waals surface area contributed by atoms with Crippen LogP contribution in [0.1, 0.15) is 47.1 Å². The number of nitrogens with zero attached hydrogens (tertiary/aromatic N) is 1. The quantitative estimate of drug-likeness (QED) is 0.730. The van der Waals surface area contributed by atoms with E-state index in [9.17, 15) is 0 Å². The monoisotopic (exact) mass is 310 g/mol. The summed E-state index contributed by atoms with van der Waals surface area (Å²) >= 11 is 6.54. The first-order chi connectivity index (χ1) is 9.81. The molecule has 0 aliphatic heterocycles. The number of halogens is 1. The number of benzene rings is 1. The fourth-order valence-corrected chi connectivity index (χ4v) is 2.82. The molecule has 0 fully saturated rings. The van der Waals surface area contributed by atoms with Crippen LogP contribution in [0.3, 0.4) is 0 Å². The molecule has 2 nitrogen and oxygen atoms in total. The van der Waals surface area contributed by atoms with Crippen molar-refractivity contribution in [3.63, 3.8) is 0 Å². The lowest BCUT2D eigenvalue weighted by Gasteiger charge is -2.31. The van der Waals surface area contributed by atoms with Gasteiger partial charge >= 0.3 is 0 Å². The Balaban J connectivity index is 3.08. The van der Waals surface area contributed by atoms with Gasteiger partial charge in [0.05, 0.1) is 10.7 Å². The lowest BCUT2D eigenvalue weighted by atomic mass is 10.1. The molecule has 0 aliphatic rings. The van der Waals surface area contributed by atoms with Crippen molar-refractivity contribution in [1.82, 2.24) is 5.32 Å². The number of para-hydroxylation sites is 1. The Bertz CT molecular complexity index is 417. The maximum absolute atomic E-state index is 6.54. The van der Waals surface area contributed by atoms with Crippen LogP contribution in [0.2, 0.25) is 5.02 Å². The van der Waals surface area contributed by atoms with Gasteiger partial charge in [0, 0.05) is 25.7 Å². The second-order valence-corrected chi connectivity index (χ2v) is 7.38. The molecule has 1 N–H and O–H groups in total. The van der Waals surface area contributed by atoms with E-state index in [0.717, 1.165) is 24.7 Å². The third-order valence-corrected chi connectivity index (χ3v) is 3.56. The van der Waals surface area contributed by atoms with Gasteiger partial charge in [0.15, 0.2) is 0 Å². The van der Waals surface area contributed by atoms with Gasteiger partial charge in [-0.3, -0.25) is 0 Å². The zero-order chi connectivity index (χ0) is 16.0. The van der Waals surface area contributed by atoms with E-state index in [0.29, 0.717) is 17.9 Å². The van der Waals surface area contributed by atoms with E-state index in [4.69, 9.17) is 11.6 Å². The van der Waals surface area contributed by atoms with Crippen molar-refractivity contribution in [2.75, 3.05) is 18.0 Å². The Hall–Kier alpha value is -0.730. The highest BCUT2D eigenvalue weighted by atomic mass is 35.5. The molecule has 0 aromatic heterocycles. The molecule has 0 radical (unpaired) electrons. The Morgan fingerprint density at radius 2 is 1.57 bits per heavy atom. The summed E-state index contributed by atoms with van der Waals surface area (Å²) in [6.45, 7) is 16.3. The van der Waals surface area contributed by atoms with Crippen LogP contribution in [-0.4, -0.2) is 19.1 Å². The van der Waals surface area contributed by atoms with Crippen LogP contribution in [-0.2, 0) is 6.54 Å². The largest absolute Gasteiger partial charge is 0.370 e. The molecule has 0 saturated carbocycles. The van der Waals surface area contributed by atoms with Crippen LogP contribution in [0.25, 0.3) is 0 Å². The van der Waals surface area contributed by atoms with E-state index in [1.807, 2.05) is 12.1 Å². The van der Waals surface area contributed by atoms with Gasteiger partial charge in [-0.2, -0.15) is 0 Å². The second-order valence-electron chi connectivity index (χ2n) is 6.98. The first-order valence-electron chi connectivity index (χ1n) is 8.07. The normalized spacial score (nSPS) is 11.7. The summed E-state index contributed by atoms with van der Waals surface area (Å²) in [5.74, 6) is 1.23. The fourth-order valence-electron chi connectivity index (χ4n) is 2.51. The highest BCUT2D eigenvalue weighted by Gasteiger charge is 2.17. The lowest BCUT2D eigenvalue weighted by Crippen LogP contribution is -2.33. The first-order valence-corrected chi connectivity index (χ1v) is 8.44. The van der Waals surface area contributed by atoms with Crippen molar-refractivity contribution in [3.05, 3.63) is 28.8 Å². The van der Waals surface area contributed by atoms with Gasteiger partial charge in [-0.1, -0.05) is 65.3 Å². The molecule has 1 rings (SSSR count). The van der Waals surface area contributed by atoms with E-state index in [1.54, 1.807) is 0 Å². The summed E-state index contributed by atoms with van der Waals surface area (Å²) in [5.41, 5.74) is 2.49. The Morgan fingerprint density at radius 3 is 2.05 bits per heavy atom. The van der Waals surface area contributed by atoms with E-state index in [1.165, 1.54) is 11.3 Å². The number of anilines is 1. The molecule has 1 aromatic rings. The summed E-state index contributed by atoms with van der Waals surface area (Å²) < 4.78 is 0. The molecule has 3 heteroatoms. The van der Waals surface area contributed by atoms with Gasteiger partial charge in [-0.15, -0.1) is 0 Å². The topological polar surface area (TPSA) is 15.3 Å². The van der Waals surface area contributed by atoms with Crippen molar-refractivity contribution < 1.29 is 0 Å². The Labute approximate surface area is 135 Å². The van der Waals surface area contributed by atoms with E-state index < -0.39 is 0 Å². The molecule has 1 aromatic carbocycles. The highest BCUT2D eigenvalue weighted by Crippen LogP contribution is 2.31. The maximum atomic E-state index is 6.54. The van der Waals surface area contributed by atoms with Crippen LogP contribution in [0.15, 0.2) is 18.2 Å². The van der Waals surface area contributed by atoms with Gasteiger partial charge in [0.2, 0.25) is 0 Å². The molecule has 0 spiro atoms. The maximum Gasteiger partial charge on any atom is 0.0642 e. The summed E-state index contributed by atoms with van der Waals surface area (Å²) in [5, 5.41) is 4.37. The van der Waals surface area contributed by atoms with E-state index in [-0.39, 0.29) is 0 Å². The third kappa shape index (κ3) is 6.27. The number of nitrogens with one attached hydrogen (secondary N) is 1. The predicted octanol–water partition coefficient (Wildman–Crippen LogP) is 4.96. The fraction of sp³-hybridized carbons (Fsp3) is 0.667. The predicted molar refractivity (Wildman–Crippen MR) is 95.3 cm³/mol. The smallest absolute Gasteiger partial charge is 0.0642 e. The van der Waals surface area contributed by atoms with Crippen molar-refractivity contribution in [2.24, 2.45) is 11.8 Å². The van der Waals surface area contributed by atoms with Crippen LogP contribution < -0.4 is 10.2 Å². The third-order valence-electron chi connectivity index (χ3n) is 3.26. The van der Waals surface area contributed by atoms with Gasteiger partial charge in [0.25, 0.3) is 0 Å². The molecular weight excluding hydrogens is 280 g/mol. The van der Waals surface area contributed by atoms with Gasteiger partial charge in [-0.05, 0) is 23.5 Å². The van der Waals surface area contributed by atoms with Crippen LogP contribution in [0.4, 0.5) is 5.69 Å². The van der Waals surface area contributed by atoms with Crippen molar-refractivity contribution in [2.45, 2.75) is 54.1 Å². The van der Waals surface area contributed by atoms with Gasteiger partial charge < -0.3 is 10.2 Å². The minimum atomic E-state index is 0.473. The Kier molecular flexibility index (Phi) is 7.55. The molecule has 120 valence electrons. The zero-order valence-electron chi connectivity index (χ0n) is 14.4. The highest BCUT2D eigenvalue weighted by molar-refractivity contribution is 6.33. The van der Waals surface area contributed by atoms with Gasteiger partial charge in [0.1, 0.15) is 0 Å². The summed E-state index contributed by atoms with van der Waals surface area (Å²) in [6.07, 6.45) is 0. The number of rotatable bonds is 8. The van der Waals surface area contributed by atoms with Crippen LogP contribution >= 0.6 is 11.6 Å². The summed E-state index contributed by atoms with van der Waals surface area (Å²) in [7, 11) is 0. The van der Waals surface area contributed by atoms with Crippen LogP contribution in [0.5, 0.6) is 0 Å². The summed E-state index contributed by atoms with van der Waals surface area (Å²) in [6, 6.07) is 6.71. The molecule has 0 saturated heterocycles. The molecule has 21 heavy (non-hydrogen) atoms. The lowest BCUT2D eigenvalue weighted by molar-refractivity contribution is 0.546. The number of hydrogen-bond donors (Lipinski definition) is 1. The van der Waals surface area contributed by atoms with Crippen molar-refractivity contribution in [3.8, 4) is 0 Å². The van der Waals surface area contributed by atoms with Gasteiger partial charge in [-0.25, -0.2) is 0 Å². The molecule has 0 unspecified atom stereocenters. The average molecular weight is 311 g/mol. The molecule has 0 aliphatic carbocycles. The molecule has 0 bridgehead atoms. The minimum absolute atomic E-state index is 0.473. The van der Waals surface area contributed by atoms with Crippen molar-refractivity contribution >= 4 is 17.3 Å². The Morgan fingerprint density at radius 1 is 1.00 bits per heavy atom. The molecule has 0 heterocycles. The SMILES string of the molecule is CC(C)CN(CC(C)C)c1c(Cl)cccc1CNC(C)C. The second kappa shape index (κ2) is 8.65. The van der Waals surface area contributed by atoms with E-state index >= 15 is 0 Å². The van der Waals surface area contributed by atoms with E-state index in [2.05, 4.69) is 57.8 Å². The van der Waals surface area contributed by atoms with Crippen molar-refractivity contribution in [1.29, 1.82) is 0 Å². The standard InChI is InChI=1S/C18H31ClN2/c1-13(2)11-21(12-14(3)4)18-16(10-20-15(5)6)8-7-9-17(18)19/h7-9,13-15,20H,10-12H2,1-6H3. The minimum Gasteiger partial charge on any atom is -0.370 e. The summed E-state index contributed by atoms with van der Waals surface area (Å²) in [4.78, 5) is 2.45. The van der Waals surface area contributed by atoms with Crippen LogP contribution in [0, 0.1) is 11.8 Å². The average Bonchev–Trinajstić information content (AvgIpc) is 2.34. The first kappa shape index (κ1) is 18.3.